The molecule has 20 heavy (non-hydrogen) atoms. The molecule has 0 radical (unpaired) electrons. The zero-order valence-corrected chi connectivity index (χ0v) is 12.3. The Labute approximate surface area is 124 Å². The first-order valence-electron chi connectivity index (χ1n) is 6.34. The number of fused-ring (bicyclic) bond motifs is 1. The zero-order valence-electron chi connectivity index (χ0n) is 10.7. The number of nitrogens with zero attached hydrogens (tertiary/aromatic N) is 3. The Hall–Kier alpha value is -1.67. The van der Waals surface area contributed by atoms with Crippen LogP contribution in [-0.2, 0) is 13.1 Å². The summed E-state index contributed by atoms with van der Waals surface area (Å²) in [4.78, 5) is 0. The van der Waals surface area contributed by atoms with Gasteiger partial charge in [-0.1, -0.05) is 5.21 Å². The van der Waals surface area contributed by atoms with Gasteiger partial charge in [-0.3, -0.25) is 0 Å². The number of halogens is 1. The van der Waals surface area contributed by atoms with E-state index in [-0.39, 0.29) is 0 Å². The van der Waals surface area contributed by atoms with Gasteiger partial charge in [0.1, 0.15) is 0 Å². The van der Waals surface area contributed by atoms with Crippen LogP contribution in [0.3, 0.4) is 0 Å². The normalized spacial score (nSPS) is 14.1. The highest BCUT2D eigenvalue weighted by Crippen LogP contribution is 2.38. The molecule has 0 spiro atoms. The van der Waals surface area contributed by atoms with Crippen molar-refractivity contribution < 1.29 is 9.47 Å². The lowest BCUT2D eigenvalue weighted by Crippen LogP contribution is -2.14. The van der Waals surface area contributed by atoms with Crippen molar-refractivity contribution in [3.63, 3.8) is 0 Å². The highest BCUT2D eigenvalue weighted by Gasteiger charge is 2.15. The Kier molecular flexibility index (Phi) is 4.12. The van der Waals surface area contributed by atoms with Gasteiger partial charge in [0.2, 0.25) is 0 Å². The molecule has 0 amide bonds. The maximum absolute atomic E-state index is 5.70. The lowest BCUT2D eigenvalue weighted by Gasteiger charge is -2.12. The molecule has 0 unspecified atom stereocenters. The minimum absolute atomic E-state index is 0.558. The fraction of sp³-hybridized carbons (Fsp3) is 0.417. The van der Waals surface area contributed by atoms with Crippen molar-refractivity contribution >= 4 is 15.9 Å². The van der Waals surface area contributed by atoms with E-state index in [1.54, 1.807) is 0 Å². The quantitative estimate of drug-likeness (QED) is 0.876. The minimum Gasteiger partial charge on any atom is -0.490 e. The lowest BCUT2D eigenvalue weighted by atomic mass is 10.2. The maximum atomic E-state index is 5.70. The summed E-state index contributed by atoms with van der Waals surface area (Å²) < 4.78 is 12.3. The Morgan fingerprint density at radius 1 is 1.25 bits per heavy atom. The first-order chi connectivity index (χ1) is 9.83. The Balaban J connectivity index is 1.67. The number of benzene rings is 1. The number of aromatic amines is 1. The molecule has 2 N–H and O–H groups in total. The van der Waals surface area contributed by atoms with Gasteiger partial charge in [0, 0.05) is 13.0 Å². The summed E-state index contributed by atoms with van der Waals surface area (Å²) in [5.41, 5.74) is 1.10. The topological polar surface area (TPSA) is 85.0 Å². The van der Waals surface area contributed by atoms with Crippen LogP contribution >= 0.6 is 15.9 Å². The number of nitrogens with one attached hydrogen (secondary N) is 2. The van der Waals surface area contributed by atoms with Crippen LogP contribution in [0, 0.1) is 0 Å². The van der Waals surface area contributed by atoms with Crippen LogP contribution in [0.25, 0.3) is 0 Å². The van der Waals surface area contributed by atoms with E-state index in [4.69, 9.17) is 9.47 Å². The second-order valence-electron chi connectivity index (χ2n) is 4.39. The van der Waals surface area contributed by atoms with E-state index >= 15 is 0 Å². The molecule has 0 saturated carbocycles. The average Bonchev–Trinajstić information content (AvgIpc) is 2.83. The summed E-state index contributed by atoms with van der Waals surface area (Å²) in [5, 5.41) is 17.0. The summed E-state index contributed by atoms with van der Waals surface area (Å²) in [6.07, 6.45) is 0.895. The molecular weight excluding hydrogens is 326 g/mol. The van der Waals surface area contributed by atoms with E-state index < -0.39 is 0 Å². The molecular formula is C12H14BrN5O2. The first kappa shape index (κ1) is 13.3. The fourth-order valence-electron chi connectivity index (χ4n) is 1.96. The molecule has 1 aromatic carbocycles. The molecule has 1 aliphatic heterocycles. The summed E-state index contributed by atoms with van der Waals surface area (Å²) in [6, 6.07) is 4.02. The number of aromatic nitrogens is 4. The van der Waals surface area contributed by atoms with Crippen molar-refractivity contribution in [1.29, 1.82) is 0 Å². The number of rotatable bonds is 4. The maximum Gasteiger partial charge on any atom is 0.188 e. The summed E-state index contributed by atoms with van der Waals surface area (Å²) in [5.74, 6) is 2.20. The number of ether oxygens (including phenoxy) is 2. The summed E-state index contributed by atoms with van der Waals surface area (Å²) in [7, 11) is 0. The van der Waals surface area contributed by atoms with Crippen molar-refractivity contribution in [3.05, 3.63) is 28.0 Å². The molecule has 2 aromatic rings. The number of tetrazole rings is 1. The third-order valence-electron chi connectivity index (χ3n) is 2.86. The van der Waals surface area contributed by atoms with Gasteiger partial charge in [-0.15, -0.1) is 10.2 Å². The second kappa shape index (κ2) is 6.19. The van der Waals surface area contributed by atoms with Crippen LogP contribution in [0.15, 0.2) is 16.6 Å². The van der Waals surface area contributed by atoms with E-state index in [0.29, 0.717) is 32.1 Å². The predicted octanol–water partition coefficient (Wildman–Crippen LogP) is 1.41. The molecule has 3 rings (SSSR count). The van der Waals surface area contributed by atoms with Crippen molar-refractivity contribution in [3.8, 4) is 11.5 Å². The highest BCUT2D eigenvalue weighted by molar-refractivity contribution is 9.10. The Bertz CT molecular complexity index is 575. The van der Waals surface area contributed by atoms with Crippen LogP contribution in [-0.4, -0.2) is 33.8 Å². The number of hydrogen-bond donors (Lipinski definition) is 2. The van der Waals surface area contributed by atoms with Gasteiger partial charge in [0.05, 0.1) is 24.2 Å². The predicted molar refractivity (Wildman–Crippen MR) is 74.5 cm³/mol. The third kappa shape index (κ3) is 3.07. The lowest BCUT2D eigenvalue weighted by molar-refractivity contribution is 0.296. The van der Waals surface area contributed by atoms with Crippen molar-refractivity contribution in [2.75, 3.05) is 13.2 Å². The van der Waals surface area contributed by atoms with E-state index in [9.17, 15) is 0 Å². The Morgan fingerprint density at radius 2 is 2.15 bits per heavy atom. The van der Waals surface area contributed by atoms with Crippen LogP contribution in [0.5, 0.6) is 11.5 Å². The minimum atomic E-state index is 0.558. The van der Waals surface area contributed by atoms with Crippen LogP contribution in [0.1, 0.15) is 17.8 Å². The van der Waals surface area contributed by atoms with Crippen LogP contribution < -0.4 is 14.8 Å². The van der Waals surface area contributed by atoms with E-state index in [0.717, 1.165) is 28.0 Å². The average molecular weight is 340 g/mol. The third-order valence-corrected chi connectivity index (χ3v) is 3.45. The fourth-order valence-corrected chi connectivity index (χ4v) is 2.57. The van der Waals surface area contributed by atoms with Crippen molar-refractivity contribution in [2.24, 2.45) is 0 Å². The van der Waals surface area contributed by atoms with Crippen molar-refractivity contribution in [1.82, 2.24) is 25.9 Å². The number of H-pyrrole nitrogens is 1. The molecule has 0 atom stereocenters. The highest BCUT2D eigenvalue weighted by atomic mass is 79.9. The van der Waals surface area contributed by atoms with Crippen LogP contribution in [0.2, 0.25) is 0 Å². The van der Waals surface area contributed by atoms with Crippen LogP contribution in [0.4, 0.5) is 0 Å². The molecule has 1 aromatic heterocycles. The Morgan fingerprint density at radius 3 is 3.00 bits per heavy atom. The molecule has 8 heteroatoms. The van der Waals surface area contributed by atoms with E-state index in [1.807, 2.05) is 12.1 Å². The summed E-state index contributed by atoms with van der Waals surface area (Å²) >= 11 is 3.53. The number of hydrogen-bond acceptors (Lipinski definition) is 6. The molecule has 0 aliphatic carbocycles. The molecule has 106 valence electrons. The van der Waals surface area contributed by atoms with Gasteiger partial charge >= 0.3 is 0 Å². The van der Waals surface area contributed by atoms with Gasteiger partial charge in [-0.2, -0.15) is 5.21 Å². The standard InChI is InChI=1S/C12H14BrN5O2/c13-9-4-8(6-14-7-11-15-17-18-16-11)5-10-12(9)20-3-1-2-19-10/h4-5,14H,1-3,6-7H2,(H,15,16,17,18). The monoisotopic (exact) mass is 339 g/mol. The van der Waals surface area contributed by atoms with Crippen molar-refractivity contribution in [2.45, 2.75) is 19.5 Å². The van der Waals surface area contributed by atoms with Gasteiger partial charge in [0.15, 0.2) is 17.3 Å². The smallest absolute Gasteiger partial charge is 0.188 e. The van der Waals surface area contributed by atoms with E-state index in [2.05, 4.69) is 41.9 Å². The second-order valence-corrected chi connectivity index (χ2v) is 5.24. The zero-order chi connectivity index (χ0) is 13.8. The van der Waals surface area contributed by atoms with Gasteiger partial charge in [0.25, 0.3) is 0 Å². The largest absolute Gasteiger partial charge is 0.490 e. The molecule has 0 bridgehead atoms. The molecule has 1 aliphatic rings. The molecule has 2 heterocycles. The first-order valence-corrected chi connectivity index (χ1v) is 7.13. The van der Waals surface area contributed by atoms with Gasteiger partial charge in [-0.25, -0.2) is 0 Å². The summed E-state index contributed by atoms with van der Waals surface area (Å²) in [6.45, 7) is 2.60. The SMILES string of the molecule is Brc1cc(CNCc2nn[nH]n2)cc2c1OCCCO2. The molecule has 7 nitrogen and oxygen atoms in total. The molecule has 0 saturated heterocycles. The van der Waals surface area contributed by atoms with Gasteiger partial charge < -0.3 is 14.8 Å². The van der Waals surface area contributed by atoms with E-state index in [1.165, 1.54) is 0 Å². The molecule has 0 fully saturated rings. The van der Waals surface area contributed by atoms with Gasteiger partial charge in [-0.05, 0) is 33.6 Å².